The van der Waals surface area contributed by atoms with Crippen LogP contribution in [-0.2, 0) is 19.1 Å². The van der Waals surface area contributed by atoms with Crippen LogP contribution in [0.3, 0.4) is 0 Å². The van der Waals surface area contributed by atoms with E-state index in [0.29, 0.717) is 13.2 Å². The maximum atomic E-state index is 11.2. The first-order chi connectivity index (χ1) is 7.02. The number of hydrogen-bond donors (Lipinski definition) is 2. The molecule has 0 radical (unpaired) electrons. The van der Waals surface area contributed by atoms with E-state index in [9.17, 15) is 9.59 Å². The number of ether oxygens (including phenoxy) is 2. The van der Waals surface area contributed by atoms with Gasteiger partial charge in [-0.05, 0) is 20.3 Å². The van der Waals surface area contributed by atoms with E-state index in [2.05, 4.69) is 25.3 Å². The van der Waals surface area contributed by atoms with E-state index in [-0.39, 0.29) is 6.42 Å². The Hall–Kier alpha value is -0.360. The van der Waals surface area contributed by atoms with Gasteiger partial charge in [-0.3, -0.25) is 9.59 Å². The van der Waals surface area contributed by atoms with E-state index >= 15 is 0 Å². The quantitative estimate of drug-likeness (QED) is 0.549. The van der Waals surface area contributed by atoms with Crippen LogP contribution >= 0.6 is 25.3 Å². The lowest BCUT2D eigenvalue weighted by atomic mass is 10.2. The van der Waals surface area contributed by atoms with Crippen molar-refractivity contribution in [2.45, 2.75) is 30.8 Å². The molecule has 0 aliphatic heterocycles. The minimum atomic E-state index is -0.642. The van der Waals surface area contributed by atoms with Crippen LogP contribution in [0.15, 0.2) is 0 Å². The lowest BCUT2D eigenvalue weighted by Gasteiger charge is -2.13. The Balaban J connectivity index is 3.99. The van der Waals surface area contributed by atoms with Crippen LogP contribution in [0.4, 0.5) is 0 Å². The molecule has 0 spiro atoms. The van der Waals surface area contributed by atoms with E-state index in [1.54, 1.807) is 13.8 Å². The zero-order chi connectivity index (χ0) is 11.8. The number of carbonyl (C=O) groups excluding carboxylic acids is 2. The first kappa shape index (κ1) is 14.6. The van der Waals surface area contributed by atoms with Crippen molar-refractivity contribution in [3.8, 4) is 0 Å². The highest BCUT2D eigenvalue weighted by molar-refractivity contribution is 7.82. The summed E-state index contributed by atoms with van der Waals surface area (Å²) in [6, 6.07) is 0. The van der Waals surface area contributed by atoms with Crippen molar-refractivity contribution in [1.82, 2.24) is 0 Å². The summed E-state index contributed by atoms with van der Waals surface area (Å²) in [7, 11) is 0. The van der Waals surface area contributed by atoms with Gasteiger partial charge < -0.3 is 9.47 Å². The van der Waals surface area contributed by atoms with Gasteiger partial charge in [-0.25, -0.2) is 0 Å². The number of rotatable bonds is 6. The molecule has 4 nitrogen and oxygen atoms in total. The summed E-state index contributed by atoms with van der Waals surface area (Å²) >= 11 is 8.06. The van der Waals surface area contributed by atoms with Gasteiger partial charge in [0, 0.05) is 0 Å². The minimum Gasteiger partial charge on any atom is -0.465 e. The molecule has 0 aliphatic carbocycles. The second-order valence-electron chi connectivity index (χ2n) is 2.77. The molecular formula is C9H16O4S2. The smallest absolute Gasteiger partial charge is 0.318 e. The minimum absolute atomic E-state index is 0.198. The Labute approximate surface area is 101 Å². The van der Waals surface area contributed by atoms with Crippen molar-refractivity contribution >= 4 is 37.2 Å². The number of thiol groups is 2. The average Bonchev–Trinajstić information content (AvgIpc) is 2.18. The van der Waals surface area contributed by atoms with Crippen LogP contribution in [-0.4, -0.2) is 35.7 Å². The summed E-state index contributed by atoms with van der Waals surface area (Å²) in [4.78, 5) is 22.3. The first-order valence-electron chi connectivity index (χ1n) is 4.72. The van der Waals surface area contributed by atoms with Crippen molar-refractivity contribution in [2.24, 2.45) is 0 Å². The molecule has 0 aromatic rings. The fourth-order valence-corrected chi connectivity index (χ4v) is 1.62. The lowest BCUT2D eigenvalue weighted by molar-refractivity contribution is -0.144. The highest BCUT2D eigenvalue weighted by Crippen LogP contribution is 2.13. The third-order valence-electron chi connectivity index (χ3n) is 1.56. The van der Waals surface area contributed by atoms with Gasteiger partial charge in [0.05, 0.1) is 13.2 Å². The lowest BCUT2D eigenvalue weighted by Crippen LogP contribution is -2.27. The van der Waals surface area contributed by atoms with Crippen LogP contribution in [0.1, 0.15) is 20.3 Å². The van der Waals surface area contributed by atoms with E-state index < -0.39 is 22.4 Å². The van der Waals surface area contributed by atoms with Gasteiger partial charge in [0.2, 0.25) is 0 Å². The topological polar surface area (TPSA) is 52.6 Å². The van der Waals surface area contributed by atoms with Crippen molar-refractivity contribution in [2.75, 3.05) is 13.2 Å². The summed E-state index contributed by atoms with van der Waals surface area (Å²) in [5, 5.41) is -1.28. The molecule has 15 heavy (non-hydrogen) atoms. The van der Waals surface area contributed by atoms with Crippen LogP contribution < -0.4 is 0 Å². The second-order valence-corrected chi connectivity index (χ2v) is 4.02. The molecule has 0 aliphatic rings. The molecule has 88 valence electrons. The zero-order valence-electron chi connectivity index (χ0n) is 8.80. The SMILES string of the molecule is CCOC(=O)C(S)CC(S)C(=O)OCC. The predicted molar refractivity (Wildman–Crippen MR) is 63.4 cm³/mol. The Bertz CT molecular complexity index is 198. The molecule has 0 bridgehead atoms. The molecule has 0 rings (SSSR count). The Morgan fingerprint density at radius 2 is 1.33 bits per heavy atom. The molecule has 2 atom stereocenters. The molecule has 2 unspecified atom stereocenters. The average molecular weight is 252 g/mol. The highest BCUT2D eigenvalue weighted by atomic mass is 32.1. The standard InChI is InChI=1S/C9H16O4S2/c1-3-12-8(10)6(14)5-7(15)9(11)13-4-2/h6-7,14-15H,3-5H2,1-2H3. The largest absolute Gasteiger partial charge is 0.465 e. The molecular weight excluding hydrogens is 236 g/mol. The molecule has 0 heterocycles. The van der Waals surface area contributed by atoms with Crippen molar-refractivity contribution in [3.63, 3.8) is 0 Å². The summed E-state index contributed by atoms with van der Waals surface area (Å²) < 4.78 is 9.49. The van der Waals surface area contributed by atoms with Crippen molar-refractivity contribution in [1.29, 1.82) is 0 Å². The first-order valence-corrected chi connectivity index (χ1v) is 5.75. The third kappa shape index (κ3) is 5.94. The molecule has 0 N–H and O–H groups in total. The highest BCUT2D eigenvalue weighted by Gasteiger charge is 2.23. The molecule has 6 heteroatoms. The zero-order valence-corrected chi connectivity index (χ0v) is 10.6. The molecule has 0 aromatic carbocycles. The Kier molecular flexibility index (Phi) is 7.68. The van der Waals surface area contributed by atoms with Crippen LogP contribution in [0, 0.1) is 0 Å². The molecule has 0 aromatic heterocycles. The fourth-order valence-electron chi connectivity index (χ4n) is 0.881. The molecule has 0 amide bonds. The van der Waals surface area contributed by atoms with E-state index in [1.807, 2.05) is 0 Å². The van der Waals surface area contributed by atoms with Gasteiger partial charge in [-0.1, -0.05) is 0 Å². The molecule has 0 fully saturated rings. The van der Waals surface area contributed by atoms with Crippen LogP contribution in [0.2, 0.25) is 0 Å². The Morgan fingerprint density at radius 1 is 1.00 bits per heavy atom. The van der Waals surface area contributed by atoms with Gasteiger partial charge in [0.15, 0.2) is 0 Å². The molecule has 0 saturated carbocycles. The second kappa shape index (κ2) is 7.87. The van der Waals surface area contributed by atoms with Crippen LogP contribution in [0.25, 0.3) is 0 Å². The predicted octanol–water partition coefficient (Wildman–Crippen LogP) is 1.10. The van der Waals surface area contributed by atoms with E-state index in [0.717, 1.165) is 0 Å². The van der Waals surface area contributed by atoms with E-state index in [4.69, 9.17) is 9.47 Å². The van der Waals surface area contributed by atoms with E-state index in [1.165, 1.54) is 0 Å². The van der Waals surface area contributed by atoms with Gasteiger partial charge in [-0.15, -0.1) is 0 Å². The van der Waals surface area contributed by atoms with Gasteiger partial charge in [0.25, 0.3) is 0 Å². The normalized spacial score (nSPS) is 14.1. The third-order valence-corrected chi connectivity index (χ3v) is 2.41. The van der Waals surface area contributed by atoms with Crippen LogP contribution in [0.5, 0.6) is 0 Å². The maximum Gasteiger partial charge on any atom is 0.318 e. The number of esters is 2. The van der Waals surface area contributed by atoms with Crippen molar-refractivity contribution < 1.29 is 19.1 Å². The maximum absolute atomic E-state index is 11.2. The molecule has 0 saturated heterocycles. The van der Waals surface area contributed by atoms with Crippen molar-refractivity contribution in [3.05, 3.63) is 0 Å². The summed E-state index contributed by atoms with van der Waals surface area (Å²) in [5.74, 6) is -0.881. The fraction of sp³-hybridized carbons (Fsp3) is 0.778. The number of carbonyl (C=O) groups is 2. The summed E-state index contributed by atoms with van der Waals surface area (Å²) in [6.07, 6.45) is 0.198. The number of hydrogen-bond acceptors (Lipinski definition) is 6. The summed E-state index contributed by atoms with van der Waals surface area (Å²) in [6.45, 7) is 4.02. The van der Waals surface area contributed by atoms with Gasteiger partial charge in [0.1, 0.15) is 10.5 Å². The monoisotopic (exact) mass is 252 g/mol. The van der Waals surface area contributed by atoms with Gasteiger partial charge >= 0.3 is 11.9 Å². The summed E-state index contributed by atoms with van der Waals surface area (Å²) in [5.41, 5.74) is 0. The van der Waals surface area contributed by atoms with Gasteiger partial charge in [-0.2, -0.15) is 25.3 Å². The Morgan fingerprint density at radius 3 is 1.60 bits per heavy atom.